The second-order valence-corrected chi connectivity index (χ2v) is 7.04. The number of hydrogen-bond donors (Lipinski definition) is 2. The maximum atomic E-state index is 12.4. The fourth-order valence-corrected chi connectivity index (χ4v) is 3.06. The Bertz CT molecular complexity index is 1320. The molecule has 0 saturated carbocycles. The lowest BCUT2D eigenvalue weighted by molar-refractivity contribution is -0.385. The highest BCUT2D eigenvalue weighted by molar-refractivity contribution is 5.84. The SMILES string of the molecule is Cc1ccc(C)c(-n2c(O)c(C=Nc3cc(C)c(C)c([N+](=O)[O-])c3)c(=O)[nH]c2=O)c1. The van der Waals surface area contributed by atoms with Crippen LogP contribution in [-0.4, -0.2) is 25.8 Å². The summed E-state index contributed by atoms with van der Waals surface area (Å²) in [6, 6.07) is 8.28. The van der Waals surface area contributed by atoms with Crippen molar-refractivity contribution in [1.29, 1.82) is 0 Å². The van der Waals surface area contributed by atoms with E-state index in [0.29, 0.717) is 16.8 Å². The average molecular weight is 408 g/mol. The highest BCUT2D eigenvalue weighted by Crippen LogP contribution is 2.28. The first-order valence-electron chi connectivity index (χ1n) is 9.05. The maximum Gasteiger partial charge on any atom is 0.335 e. The van der Waals surface area contributed by atoms with Gasteiger partial charge in [0.2, 0.25) is 5.88 Å². The van der Waals surface area contributed by atoms with Crippen LogP contribution in [0.3, 0.4) is 0 Å². The Morgan fingerprint density at radius 3 is 2.47 bits per heavy atom. The number of aromatic hydroxyl groups is 1. The fourth-order valence-electron chi connectivity index (χ4n) is 3.06. The lowest BCUT2D eigenvalue weighted by Crippen LogP contribution is -2.31. The summed E-state index contributed by atoms with van der Waals surface area (Å²) in [7, 11) is 0. The number of H-pyrrole nitrogens is 1. The van der Waals surface area contributed by atoms with Gasteiger partial charge < -0.3 is 5.11 Å². The molecule has 0 aliphatic heterocycles. The fraction of sp³-hybridized carbons (Fsp3) is 0.190. The van der Waals surface area contributed by atoms with Crippen molar-refractivity contribution < 1.29 is 10.0 Å². The lowest BCUT2D eigenvalue weighted by atomic mass is 10.1. The van der Waals surface area contributed by atoms with Crippen LogP contribution in [-0.2, 0) is 0 Å². The summed E-state index contributed by atoms with van der Waals surface area (Å²) in [6.45, 7) is 6.96. The Hall–Kier alpha value is -4.01. The number of benzene rings is 2. The quantitative estimate of drug-likeness (QED) is 0.389. The maximum absolute atomic E-state index is 12.4. The van der Waals surface area contributed by atoms with Gasteiger partial charge in [-0.1, -0.05) is 12.1 Å². The van der Waals surface area contributed by atoms with E-state index in [-0.39, 0.29) is 16.9 Å². The number of rotatable bonds is 4. The summed E-state index contributed by atoms with van der Waals surface area (Å²) in [5.41, 5.74) is 1.49. The van der Waals surface area contributed by atoms with Crippen LogP contribution in [0.5, 0.6) is 5.88 Å². The topological polar surface area (TPSA) is 131 Å². The Balaban J connectivity index is 2.17. The largest absolute Gasteiger partial charge is 0.493 e. The summed E-state index contributed by atoms with van der Waals surface area (Å²) in [5, 5.41) is 21.9. The van der Waals surface area contributed by atoms with Crippen LogP contribution < -0.4 is 11.2 Å². The summed E-state index contributed by atoms with van der Waals surface area (Å²) in [4.78, 5) is 41.7. The van der Waals surface area contributed by atoms with Crippen molar-refractivity contribution in [2.45, 2.75) is 27.7 Å². The molecule has 1 heterocycles. The summed E-state index contributed by atoms with van der Waals surface area (Å²) in [5.74, 6) is -0.570. The molecule has 2 aromatic carbocycles. The molecule has 2 N–H and O–H groups in total. The van der Waals surface area contributed by atoms with Gasteiger partial charge in [0.1, 0.15) is 5.56 Å². The Kier molecular flexibility index (Phi) is 5.37. The standard InChI is InChI=1S/C21H20N4O5/c1-11-5-6-12(2)17(7-11)24-20(27)16(19(26)23-21(24)28)10-22-15-8-13(3)14(4)18(9-15)25(29)30/h5-10,27H,1-4H3,(H,23,26,28). The third-order valence-corrected chi connectivity index (χ3v) is 4.89. The highest BCUT2D eigenvalue weighted by atomic mass is 16.6. The van der Waals surface area contributed by atoms with Crippen LogP contribution in [0.15, 0.2) is 44.9 Å². The van der Waals surface area contributed by atoms with Gasteiger partial charge in [-0.2, -0.15) is 0 Å². The minimum atomic E-state index is -0.818. The molecule has 0 fully saturated rings. The van der Waals surface area contributed by atoms with E-state index in [1.807, 2.05) is 13.0 Å². The van der Waals surface area contributed by atoms with Gasteiger partial charge in [0.05, 0.1) is 16.3 Å². The molecule has 0 saturated heterocycles. The van der Waals surface area contributed by atoms with Crippen LogP contribution in [0, 0.1) is 37.8 Å². The van der Waals surface area contributed by atoms with Crippen molar-refractivity contribution in [3.05, 3.63) is 89.1 Å². The number of nitro benzene ring substituents is 1. The van der Waals surface area contributed by atoms with Crippen molar-refractivity contribution in [2.24, 2.45) is 4.99 Å². The van der Waals surface area contributed by atoms with Crippen molar-refractivity contribution in [2.75, 3.05) is 0 Å². The van der Waals surface area contributed by atoms with Gasteiger partial charge in [-0.15, -0.1) is 0 Å². The third kappa shape index (κ3) is 3.77. The Labute approximate surface area is 171 Å². The minimum Gasteiger partial charge on any atom is -0.493 e. The van der Waals surface area contributed by atoms with Gasteiger partial charge >= 0.3 is 5.69 Å². The molecule has 0 atom stereocenters. The zero-order chi connectivity index (χ0) is 22.2. The lowest BCUT2D eigenvalue weighted by Gasteiger charge is -2.13. The summed E-state index contributed by atoms with van der Waals surface area (Å²) >= 11 is 0. The zero-order valence-electron chi connectivity index (χ0n) is 16.9. The number of aryl methyl sites for hydroxylation is 3. The third-order valence-electron chi connectivity index (χ3n) is 4.89. The second kappa shape index (κ2) is 7.78. The van der Waals surface area contributed by atoms with Gasteiger partial charge in [0.15, 0.2) is 0 Å². The van der Waals surface area contributed by atoms with E-state index in [1.54, 1.807) is 39.0 Å². The molecule has 0 aliphatic carbocycles. The molecule has 0 amide bonds. The van der Waals surface area contributed by atoms with Crippen LogP contribution in [0.25, 0.3) is 5.69 Å². The predicted molar refractivity (Wildman–Crippen MR) is 114 cm³/mol. The van der Waals surface area contributed by atoms with Gasteiger partial charge in [-0.05, 0) is 56.5 Å². The summed E-state index contributed by atoms with van der Waals surface area (Å²) in [6.07, 6.45) is 1.09. The molecule has 0 aliphatic rings. The molecule has 9 heteroatoms. The normalized spacial score (nSPS) is 11.2. The first-order chi connectivity index (χ1) is 14.1. The van der Waals surface area contributed by atoms with Gasteiger partial charge in [0, 0.05) is 17.8 Å². The molecular formula is C21H20N4O5. The van der Waals surface area contributed by atoms with E-state index < -0.39 is 22.1 Å². The highest BCUT2D eigenvalue weighted by Gasteiger charge is 2.17. The van der Waals surface area contributed by atoms with Crippen LogP contribution >= 0.6 is 0 Å². The summed E-state index contributed by atoms with van der Waals surface area (Å²) < 4.78 is 0.994. The molecule has 9 nitrogen and oxygen atoms in total. The van der Waals surface area contributed by atoms with E-state index in [4.69, 9.17) is 0 Å². The molecule has 0 bridgehead atoms. The van der Waals surface area contributed by atoms with Crippen molar-refractivity contribution >= 4 is 17.6 Å². The first-order valence-corrected chi connectivity index (χ1v) is 9.05. The number of aliphatic imine (C=N–C) groups is 1. The van der Waals surface area contributed by atoms with Crippen LogP contribution in [0.4, 0.5) is 11.4 Å². The number of nitrogens with zero attached hydrogens (tertiary/aromatic N) is 3. The van der Waals surface area contributed by atoms with E-state index in [2.05, 4.69) is 9.98 Å². The molecule has 0 radical (unpaired) electrons. The van der Waals surface area contributed by atoms with Crippen molar-refractivity contribution in [3.63, 3.8) is 0 Å². The average Bonchev–Trinajstić information content (AvgIpc) is 2.66. The zero-order valence-corrected chi connectivity index (χ0v) is 16.9. The van der Waals surface area contributed by atoms with Crippen molar-refractivity contribution in [3.8, 4) is 11.6 Å². The van der Waals surface area contributed by atoms with E-state index in [0.717, 1.165) is 21.9 Å². The number of hydrogen-bond acceptors (Lipinski definition) is 6. The smallest absolute Gasteiger partial charge is 0.335 e. The van der Waals surface area contributed by atoms with Gasteiger partial charge in [0.25, 0.3) is 11.2 Å². The van der Waals surface area contributed by atoms with Crippen molar-refractivity contribution in [1.82, 2.24) is 9.55 Å². The molecule has 154 valence electrons. The number of aromatic nitrogens is 2. The predicted octanol–water partition coefficient (Wildman–Crippen LogP) is 3.12. The molecule has 30 heavy (non-hydrogen) atoms. The number of aromatic amines is 1. The van der Waals surface area contributed by atoms with Gasteiger partial charge in [-0.25, -0.2) is 9.36 Å². The molecule has 0 unspecified atom stereocenters. The minimum absolute atomic E-state index is 0.0966. The van der Waals surface area contributed by atoms with E-state index >= 15 is 0 Å². The molecule has 3 rings (SSSR count). The molecule has 0 spiro atoms. The molecule has 3 aromatic rings. The van der Waals surface area contributed by atoms with Crippen LogP contribution in [0.2, 0.25) is 0 Å². The Morgan fingerprint density at radius 1 is 1.10 bits per heavy atom. The second-order valence-electron chi connectivity index (χ2n) is 7.04. The van der Waals surface area contributed by atoms with Gasteiger partial charge in [-0.3, -0.25) is 24.9 Å². The van der Waals surface area contributed by atoms with E-state index in [9.17, 15) is 24.8 Å². The monoisotopic (exact) mass is 408 g/mol. The molecular weight excluding hydrogens is 388 g/mol. The number of nitrogens with one attached hydrogen (secondary N) is 1. The van der Waals surface area contributed by atoms with E-state index in [1.165, 1.54) is 6.07 Å². The Morgan fingerprint density at radius 2 is 1.80 bits per heavy atom. The first kappa shape index (κ1) is 20.7. The van der Waals surface area contributed by atoms with Crippen LogP contribution in [0.1, 0.15) is 27.8 Å². The number of nitro groups is 1. The molecule has 1 aromatic heterocycles.